The van der Waals surface area contributed by atoms with Crippen LogP contribution >= 0.6 is 15.9 Å². The molecule has 0 fully saturated rings. The number of aliphatic hydroxyl groups excluding tert-OH is 2. The molecule has 0 aliphatic heterocycles. The third kappa shape index (κ3) is 3.73. The molecule has 0 bridgehead atoms. The molecule has 3 N–H and O–H groups in total. The van der Waals surface area contributed by atoms with Gasteiger partial charge in [0.2, 0.25) is 0 Å². The molecular weight excluding hydrogens is 315 g/mol. The van der Waals surface area contributed by atoms with Crippen molar-refractivity contribution in [3.05, 3.63) is 33.1 Å². The Morgan fingerprint density at radius 1 is 1.56 bits per heavy atom. The lowest BCUT2D eigenvalue weighted by Gasteiger charge is -2.23. The van der Waals surface area contributed by atoms with Gasteiger partial charge in [0.05, 0.1) is 6.61 Å². The summed E-state index contributed by atoms with van der Waals surface area (Å²) in [4.78, 5) is 24.2. The molecule has 1 rings (SSSR count). The fourth-order valence-corrected chi connectivity index (χ4v) is 1.52. The number of hydrogen-bond acceptors (Lipinski definition) is 5. The lowest BCUT2D eigenvalue weighted by atomic mass is 10.4. The highest BCUT2D eigenvalue weighted by molar-refractivity contribution is 9.09. The van der Waals surface area contributed by atoms with E-state index in [9.17, 15) is 19.1 Å². The molecule has 7 nitrogen and oxygen atoms in total. The summed E-state index contributed by atoms with van der Waals surface area (Å²) in [5.74, 6) is 0. The number of rotatable bonds is 6. The lowest BCUT2D eigenvalue weighted by molar-refractivity contribution is -0.109. The van der Waals surface area contributed by atoms with Gasteiger partial charge in [-0.25, -0.2) is 9.18 Å². The maximum atomic E-state index is 12.8. The van der Waals surface area contributed by atoms with E-state index in [2.05, 4.69) is 15.9 Å². The molecule has 0 radical (unpaired) electrons. The molecule has 1 aromatic heterocycles. The van der Waals surface area contributed by atoms with Gasteiger partial charge in [-0.05, 0) is 0 Å². The lowest BCUT2D eigenvalue weighted by Crippen LogP contribution is -2.38. The maximum Gasteiger partial charge on any atom is 0.330 e. The molecule has 0 aliphatic carbocycles. The first-order chi connectivity index (χ1) is 8.49. The molecule has 0 saturated carbocycles. The Morgan fingerprint density at radius 2 is 2.22 bits per heavy atom. The average molecular weight is 327 g/mol. The number of nitrogens with zero attached hydrogens (tertiary/aromatic N) is 1. The first kappa shape index (κ1) is 15.0. The molecule has 9 heteroatoms. The number of hydrogen-bond donors (Lipinski definition) is 3. The van der Waals surface area contributed by atoms with E-state index in [-0.39, 0.29) is 0 Å². The zero-order valence-electron chi connectivity index (χ0n) is 9.12. The minimum atomic E-state index is -1.35. The molecule has 102 valence electrons. The Hall–Kier alpha value is -1.03. The molecule has 3 atom stereocenters. The number of H-pyrrole nitrogens is 1. The highest BCUT2D eigenvalue weighted by Crippen LogP contribution is 2.14. The number of ether oxygens (including phenoxy) is 1. The van der Waals surface area contributed by atoms with E-state index in [1.807, 2.05) is 4.98 Å². The standard InChI is InChI=1S/C9H12BrFN2O5/c10-8(16)5(4-14)18-7(3-11)13-2-1-6(15)12-9(13)17/h1-2,5,7-8,14,16H,3-4H2,(H,12,15,17)/t5-,7-,8-/m1/s1. The van der Waals surface area contributed by atoms with Gasteiger partial charge < -0.3 is 14.9 Å². The third-order valence-electron chi connectivity index (χ3n) is 2.11. The summed E-state index contributed by atoms with van der Waals surface area (Å²) in [6, 6.07) is 1.03. The molecule has 1 heterocycles. The zero-order valence-corrected chi connectivity index (χ0v) is 10.7. The van der Waals surface area contributed by atoms with Crippen LogP contribution in [0, 0.1) is 0 Å². The molecule has 0 unspecified atom stereocenters. The van der Waals surface area contributed by atoms with Crippen molar-refractivity contribution in [2.45, 2.75) is 17.3 Å². The number of aliphatic hydroxyl groups is 2. The van der Waals surface area contributed by atoms with Crippen LogP contribution in [-0.2, 0) is 4.74 Å². The van der Waals surface area contributed by atoms with Crippen molar-refractivity contribution in [3.8, 4) is 0 Å². The normalized spacial score (nSPS) is 16.2. The van der Waals surface area contributed by atoms with Gasteiger partial charge in [-0.3, -0.25) is 14.3 Å². The van der Waals surface area contributed by atoms with Crippen molar-refractivity contribution in [2.75, 3.05) is 13.3 Å². The van der Waals surface area contributed by atoms with E-state index >= 15 is 0 Å². The van der Waals surface area contributed by atoms with E-state index in [4.69, 9.17) is 9.84 Å². The zero-order chi connectivity index (χ0) is 13.7. The summed E-state index contributed by atoms with van der Waals surface area (Å²) >= 11 is 2.76. The molecule has 0 aromatic carbocycles. The summed E-state index contributed by atoms with van der Waals surface area (Å²) in [5, 5.41) is 16.9. The second-order valence-corrected chi connectivity index (χ2v) is 4.29. The SMILES string of the molecule is O=c1ccn([C@@H](CF)O[C@H](CO)[C@@H](O)Br)c(=O)[nH]1. The fourth-order valence-electron chi connectivity index (χ4n) is 1.23. The third-order valence-corrected chi connectivity index (χ3v) is 2.70. The van der Waals surface area contributed by atoms with Gasteiger partial charge in [0.15, 0.2) is 6.23 Å². The first-order valence-electron chi connectivity index (χ1n) is 4.95. The minimum absolute atomic E-state index is 0.568. The number of aromatic amines is 1. The van der Waals surface area contributed by atoms with Crippen molar-refractivity contribution in [3.63, 3.8) is 0 Å². The van der Waals surface area contributed by atoms with Crippen LogP contribution in [0.4, 0.5) is 4.39 Å². The van der Waals surface area contributed by atoms with Crippen LogP contribution in [0.25, 0.3) is 0 Å². The van der Waals surface area contributed by atoms with Gasteiger partial charge in [-0.2, -0.15) is 0 Å². The van der Waals surface area contributed by atoms with Crippen molar-refractivity contribution in [2.24, 2.45) is 0 Å². The van der Waals surface area contributed by atoms with E-state index < -0.39 is 41.9 Å². The Labute approximate surface area is 109 Å². The number of alkyl halides is 2. The van der Waals surface area contributed by atoms with Gasteiger partial charge in [0.1, 0.15) is 17.8 Å². The largest absolute Gasteiger partial charge is 0.394 e. The molecular formula is C9H12BrFN2O5. The Bertz CT molecular complexity index is 488. The van der Waals surface area contributed by atoms with Crippen molar-refractivity contribution < 1.29 is 19.3 Å². The summed E-state index contributed by atoms with van der Waals surface area (Å²) < 4.78 is 18.7. The summed E-state index contributed by atoms with van der Waals surface area (Å²) in [6.07, 6.45) is -1.39. The molecule has 0 saturated heterocycles. The minimum Gasteiger partial charge on any atom is -0.394 e. The van der Waals surface area contributed by atoms with Gasteiger partial charge in [-0.15, -0.1) is 0 Å². The summed E-state index contributed by atoms with van der Waals surface area (Å²) in [6.45, 7) is -1.64. The Kier molecular flexibility index (Phi) is 5.66. The number of halogens is 2. The predicted molar refractivity (Wildman–Crippen MR) is 63.2 cm³/mol. The maximum absolute atomic E-state index is 12.8. The second-order valence-electron chi connectivity index (χ2n) is 3.36. The Morgan fingerprint density at radius 3 is 2.67 bits per heavy atom. The van der Waals surface area contributed by atoms with Gasteiger partial charge >= 0.3 is 5.69 Å². The van der Waals surface area contributed by atoms with Gasteiger partial charge in [-0.1, -0.05) is 15.9 Å². The quantitative estimate of drug-likeness (QED) is 0.587. The Balaban J connectivity index is 2.96. The topological polar surface area (TPSA) is 105 Å². The van der Waals surface area contributed by atoms with Crippen molar-refractivity contribution in [1.82, 2.24) is 9.55 Å². The highest BCUT2D eigenvalue weighted by atomic mass is 79.9. The second kappa shape index (κ2) is 6.78. The predicted octanol–water partition coefficient (Wildman–Crippen LogP) is -0.905. The average Bonchev–Trinajstić information content (AvgIpc) is 2.31. The number of nitrogens with one attached hydrogen (secondary N) is 1. The van der Waals surface area contributed by atoms with Crippen LogP contribution in [0.3, 0.4) is 0 Å². The van der Waals surface area contributed by atoms with Crippen LogP contribution in [0.15, 0.2) is 21.9 Å². The van der Waals surface area contributed by atoms with E-state index in [0.717, 1.165) is 16.8 Å². The van der Waals surface area contributed by atoms with Crippen LogP contribution in [0.2, 0.25) is 0 Å². The van der Waals surface area contributed by atoms with E-state index in [0.29, 0.717) is 0 Å². The number of aromatic nitrogens is 2. The van der Waals surface area contributed by atoms with Crippen LogP contribution in [0.1, 0.15) is 6.23 Å². The smallest absolute Gasteiger partial charge is 0.330 e. The highest BCUT2D eigenvalue weighted by Gasteiger charge is 2.23. The molecule has 1 aromatic rings. The first-order valence-corrected chi connectivity index (χ1v) is 5.87. The van der Waals surface area contributed by atoms with Crippen molar-refractivity contribution >= 4 is 15.9 Å². The van der Waals surface area contributed by atoms with E-state index in [1.54, 1.807) is 0 Å². The summed E-state index contributed by atoms with van der Waals surface area (Å²) in [7, 11) is 0. The molecule has 0 spiro atoms. The van der Waals surface area contributed by atoms with Crippen LogP contribution in [0.5, 0.6) is 0 Å². The molecule has 0 amide bonds. The van der Waals surface area contributed by atoms with Gasteiger partial charge in [0.25, 0.3) is 5.56 Å². The van der Waals surface area contributed by atoms with E-state index in [1.165, 1.54) is 0 Å². The van der Waals surface area contributed by atoms with Gasteiger partial charge in [0, 0.05) is 12.3 Å². The van der Waals surface area contributed by atoms with Crippen molar-refractivity contribution in [1.29, 1.82) is 0 Å². The van der Waals surface area contributed by atoms with Crippen LogP contribution < -0.4 is 11.2 Å². The fraction of sp³-hybridized carbons (Fsp3) is 0.556. The molecule has 0 aliphatic rings. The summed E-state index contributed by atoms with van der Waals surface area (Å²) in [5.41, 5.74) is -1.46. The van der Waals surface area contributed by atoms with Crippen LogP contribution in [-0.4, -0.2) is 44.2 Å². The molecule has 18 heavy (non-hydrogen) atoms. The monoisotopic (exact) mass is 326 g/mol.